The normalized spacial score (nSPS) is 24.4. The van der Waals surface area contributed by atoms with Crippen LogP contribution in [0.2, 0.25) is 0 Å². The fraction of sp³-hybridized carbons (Fsp3) is 0.778. The summed E-state index contributed by atoms with van der Waals surface area (Å²) in [6.45, 7) is 9.38. The predicted molar refractivity (Wildman–Crippen MR) is 92.4 cm³/mol. The molecule has 0 aromatic rings. The topological polar surface area (TPSA) is 106 Å². The fourth-order valence-electron chi connectivity index (χ4n) is 2.71. The van der Waals surface area contributed by atoms with E-state index in [-0.39, 0.29) is 12.8 Å². The molecule has 0 bridgehead atoms. The van der Waals surface area contributed by atoms with Gasteiger partial charge < -0.3 is 14.2 Å². The third kappa shape index (κ3) is 4.87. The van der Waals surface area contributed by atoms with Gasteiger partial charge in [-0.3, -0.25) is 0 Å². The molecule has 1 aliphatic rings. The molecule has 2 amide bonds. The van der Waals surface area contributed by atoms with Crippen molar-refractivity contribution < 1.29 is 33.0 Å². The van der Waals surface area contributed by atoms with Crippen LogP contribution in [0.5, 0.6) is 0 Å². The van der Waals surface area contributed by atoms with Gasteiger partial charge in [-0.15, -0.1) is 0 Å². The van der Waals surface area contributed by atoms with Gasteiger partial charge >= 0.3 is 18.2 Å². The lowest BCUT2D eigenvalue weighted by Crippen LogP contribution is -2.57. The third-order valence-corrected chi connectivity index (χ3v) is 3.84. The molecule has 0 unspecified atom stereocenters. The van der Waals surface area contributed by atoms with Crippen LogP contribution in [0.15, 0.2) is 0 Å². The summed E-state index contributed by atoms with van der Waals surface area (Å²) < 4.78 is 30.4. The molecule has 0 aliphatic heterocycles. The van der Waals surface area contributed by atoms with Crippen LogP contribution in [0.25, 0.3) is 0 Å². The first-order valence-electron chi connectivity index (χ1n) is 8.54. The van der Waals surface area contributed by atoms with E-state index in [9.17, 15) is 14.4 Å². The number of carbonyl (C=O) groups is 3. The summed E-state index contributed by atoms with van der Waals surface area (Å²) in [5, 5.41) is 8.76. The number of alkyl halides is 1. The minimum absolute atomic E-state index is 0.203. The maximum Gasteiger partial charge on any atom is 0.420 e. The zero-order valence-corrected chi connectivity index (χ0v) is 16.8. The van der Waals surface area contributed by atoms with Gasteiger partial charge in [0, 0.05) is 12.8 Å². The summed E-state index contributed by atoms with van der Waals surface area (Å²) in [7, 11) is 1.02. The molecule has 9 heteroatoms. The molecule has 8 nitrogen and oxygen atoms in total. The number of rotatable bonds is 4. The Labute approximate surface area is 158 Å². The first-order valence-corrected chi connectivity index (χ1v) is 8.54. The van der Waals surface area contributed by atoms with Crippen molar-refractivity contribution >= 4 is 18.2 Å². The average molecular weight is 386 g/mol. The summed E-state index contributed by atoms with van der Waals surface area (Å²) in [5.74, 6) is -1.11. The van der Waals surface area contributed by atoms with Crippen molar-refractivity contribution in [2.24, 2.45) is 0 Å². The summed E-state index contributed by atoms with van der Waals surface area (Å²) in [6, 6.07) is 1.79. The number of nitrogens with zero attached hydrogens (tertiary/aromatic N) is 2. The molecular weight excluding hydrogens is 359 g/mol. The van der Waals surface area contributed by atoms with Crippen LogP contribution >= 0.6 is 0 Å². The monoisotopic (exact) mass is 386 g/mol. The van der Waals surface area contributed by atoms with E-state index in [0.29, 0.717) is 4.90 Å². The van der Waals surface area contributed by atoms with Gasteiger partial charge in [0.25, 0.3) is 0 Å². The zero-order valence-electron chi connectivity index (χ0n) is 16.8. The highest BCUT2D eigenvalue weighted by atomic mass is 19.1. The Hall–Kier alpha value is -2.37. The Kier molecular flexibility index (Phi) is 6.16. The SMILES string of the molecule is COC(=O)[C@]1(N(C(=O)OC(C)(C)C)C(=O)OC(C)(C)C)C[C@@]1(F)CCC#N. The second kappa shape index (κ2) is 7.33. The van der Waals surface area contributed by atoms with Gasteiger partial charge in [0.05, 0.1) is 13.2 Å². The molecule has 0 aromatic carbocycles. The van der Waals surface area contributed by atoms with Crippen molar-refractivity contribution in [3.05, 3.63) is 0 Å². The number of amides is 2. The molecule has 1 aliphatic carbocycles. The van der Waals surface area contributed by atoms with Gasteiger partial charge in [-0.05, 0) is 48.0 Å². The number of nitriles is 1. The van der Waals surface area contributed by atoms with Crippen LogP contribution < -0.4 is 0 Å². The van der Waals surface area contributed by atoms with Crippen molar-refractivity contribution in [1.82, 2.24) is 4.90 Å². The van der Waals surface area contributed by atoms with Gasteiger partial charge in [0.15, 0.2) is 5.54 Å². The third-order valence-electron chi connectivity index (χ3n) is 3.84. The van der Waals surface area contributed by atoms with Crippen LogP contribution in [-0.4, -0.2) is 52.6 Å². The van der Waals surface area contributed by atoms with Crippen molar-refractivity contribution in [1.29, 1.82) is 5.26 Å². The molecule has 1 rings (SSSR count). The van der Waals surface area contributed by atoms with Crippen LogP contribution in [0.3, 0.4) is 0 Å². The fourth-order valence-corrected chi connectivity index (χ4v) is 2.71. The standard InChI is InChI=1S/C18H27FN2O6/c1-15(2,3)26-13(23)21(14(24)27-16(4,5)6)18(12(22)25-7)11-17(18,19)9-8-10-20/h8-9,11H2,1-7H3/t17-,18+/m0/s1. The molecule has 0 heterocycles. The van der Waals surface area contributed by atoms with E-state index in [1.165, 1.54) is 0 Å². The summed E-state index contributed by atoms with van der Waals surface area (Å²) in [4.78, 5) is 38.2. The molecule has 0 spiro atoms. The van der Waals surface area contributed by atoms with Gasteiger partial charge in [-0.1, -0.05) is 0 Å². The highest BCUT2D eigenvalue weighted by Gasteiger charge is 2.80. The Bertz CT molecular complexity index is 632. The van der Waals surface area contributed by atoms with Gasteiger partial charge in [-0.2, -0.15) is 10.2 Å². The first-order chi connectivity index (χ1) is 12.1. The molecule has 2 atom stereocenters. The largest absolute Gasteiger partial charge is 0.467 e. The Morgan fingerprint density at radius 2 is 1.52 bits per heavy atom. The van der Waals surface area contributed by atoms with Crippen molar-refractivity contribution in [3.8, 4) is 6.07 Å². The van der Waals surface area contributed by atoms with E-state index < -0.39 is 47.0 Å². The second-order valence-electron chi connectivity index (χ2n) is 8.45. The van der Waals surface area contributed by atoms with E-state index >= 15 is 4.39 Å². The average Bonchev–Trinajstić information content (AvgIpc) is 3.07. The second-order valence-corrected chi connectivity index (χ2v) is 8.45. The number of halogens is 1. The molecule has 0 saturated heterocycles. The smallest absolute Gasteiger partial charge is 0.420 e. The van der Waals surface area contributed by atoms with Crippen LogP contribution in [0, 0.1) is 11.3 Å². The molecule has 1 saturated carbocycles. The van der Waals surface area contributed by atoms with Crippen molar-refractivity contribution in [2.75, 3.05) is 7.11 Å². The van der Waals surface area contributed by atoms with Gasteiger partial charge in [0.2, 0.25) is 0 Å². The Morgan fingerprint density at radius 3 is 1.85 bits per heavy atom. The first kappa shape index (κ1) is 22.7. The number of ether oxygens (including phenoxy) is 3. The number of hydrogen-bond donors (Lipinski definition) is 0. The van der Waals surface area contributed by atoms with E-state index in [0.717, 1.165) is 7.11 Å². The maximum atomic E-state index is 15.4. The zero-order chi connectivity index (χ0) is 21.3. The highest BCUT2D eigenvalue weighted by Crippen LogP contribution is 2.59. The molecule has 0 radical (unpaired) electrons. The van der Waals surface area contributed by atoms with Crippen LogP contribution in [0.4, 0.5) is 14.0 Å². The highest BCUT2D eigenvalue weighted by molar-refractivity contribution is 6.00. The van der Waals surface area contributed by atoms with Crippen molar-refractivity contribution in [3.63, 3.8) is 0 Å². The van der Waals surface area contributed by atoms with E-state index in [4.69, 9.17) is 14.7 Å². The van der Waals surface area contributed by atoms with Gasteiger partial charge in [0.1, 0.15) is 16.9 Å². The minimum Gasteiger partial charge on any atom is -0.467 e. The molecule has 27 heavy (non-hydrogen) atoms. The van der Waals surface area contributed by atoms with E-state index in [1.807, 2.05) is 0 Å². The Morgan fingerprint density at radius 1 is 1.07 bits per heavy atom. The summed E-state index contributed by atoms with van der Waals surface area (Å²) >= 11 is 0. The lowest BCUT2D eigenvalue weighted by atomic mass is 10.1. The quantitative estimate of drug-likeness (QED) is 0.538. The lowest BCUT2D eigenvalue weighted by Gasteiger charge is -2.33. The van der Waals surface area contributed by atoms with Crippen LogP contribution in [0.1, 0.15) is 60.8 Å². The van der Waals surface area contributed by atoms with Gasteiger partial charge in [-0.25, -0.2) is 18.8 Å². The van der Waals surface area contributed by atoms with E-state index in [1.54, 1.807) is 47.6 Å². The lowest BCUT2D eigenvalue weighted by molar-refractivity contribution is -0.150. The van der Waals surface area contributed by atoms with E-state index in [2.05, 4.69) is 4.74 Å². The number of methoxy groups -OCH3 is 1. The number of carbonyl (C=O) groups excluding carboxylic acids is 3. The molecular formula is C18H27FN2O6. The molecule has 152 valence electrons. The predicted octanol–water partition coefficient (Wildman–Crippen LogP) is 3.49. The molecule has 0 aromatic heterocycles. The van der Waals surface area contributed by atoms with Crippen molar-refractivity contribution in [2.45, 2.75) is 83.2 Å². The number of imide groups is 1. The maximum absolute atomic E-state index is 15.4. The summed E-state index contributed by atoms with van der Waals surface area (Å²) in [5.41, 5.74) is -6.54. The minimum atomic E-state index is -2.30. The molecule has 1 fully saturated rings. The summed E-state index contributed by atoms with van der Waals surface area (Å²) in [6.07, 6.45) is -3.49. The number of hydrogen-bond acceptors (Lipinski definition) is 7. The Balaban J connectivity index is 3.41. The molecule has 0 N–H and O–H groups in total. The number of esters is 1. The van der Waals surface area contributed by atoms with Crippen LogP contribution in [-0.2, 0) is 19.0 Å².